The van der Waals surface area contributed by atoms with Crippen molar-refractivity contribution in [2.45, 2.75) is 25.4 Å². The minimum Gasteiger partial charge on any atom is -0.380 e. The van der Waals surface area contributed by atoms with Crippen LogP contribution in [0, 0.1) is 5.82 Å². The summed E-state index contributed by atoms with van der Waals surface area (Å²) in [5, 5.41) is 5.52. The highest BCUT2D eigenvalue weighted by Crippen LogP contribution is 2.12. The van der Waals surface area contributed by atoms with Crippen LogP contribution in [0.15, 0.2) is 24.3 Å². The second-order valence-corrected chi connectivity index (χ2v) is 5.83. The molecular formula is C17H24FN3O3. The molecule has 0 spiro atoms. The minimum atomic E-state index is -0.324. The van der Waals surface area contributed by atoms with Crippen LogP contribution in [0.5, 0.6) is 0 Å². The van der Waals surface area contributed by atoms with Crippen LogP contribution >= 0.6 is 0 Å². The third-order valence-electron chi connectivity index (χ3n) is 4.00. The highest BCUT2D eigenvalue weighted by Gasteiger charge is 2.22. The van der Waals surface area contributed by atoms with Gasteiger partial charge in [-0.3, -0.25) is 4.79 Å². The van der Waals surface area contributed by atoms with Gasteiger partial charge in [-0.05, 0) is 30.5 Å². The van der Waals surface area contributed by atoms with Crippen LogP contribution in [0.2, 0.25) is 0 Å². The van der Waals surface area contributed by atoms with Crippen LogP contribution in [-0.4, -0.2) is 56.2 Å². The van der Waals surface area contributed by atoms with Gasteiger partial charge in [-0.2, -0.15) is 0 Å². The Kier molecular flexibility index (Phi) is 6.99. The summed E-state index contributed by atoms with van der Waals surface area (Å²) in [5.41, 5.74) is 0.747. The summed E-state index contributed by atoms with van der Waals surface area (Å²) >= 11 is 0. The van der Waals surface area contributed by atoms with Gasteiger partial charge in [-0.25, -0.2) is 9.18 Å². The number of urea groups is 1. The Labute approximate surface area is 141 Å². The molecule has 24 heavy (non-hydrogen) atoms. The van der Waals surface area contributed by atoms with Gasteiger partial charge in [0, 0.05) is 33.3 Å². The van der Waals surface area contributed by atoms with E-state index >= 15 is 0 Å². The number of nitrogens with one attached hydrogen (secondary N) is 2. The molecule has 6 nitrogen and oxygen atoms in total. The fourth-order valence-corrected chi connectivity index (χ4v) is 2.65. The first-order valence-electron chi connectivity index (χ1n) is 8.15. The largest absolute Gasteiger partial charge is 0.380 e. The van der Waals surface area contributed by atoms with E-state index in [2.05, 4.69) is 10.6 Å². The smallest absolute Gasteiger partial charge is 0.317 e. The van der Waals surface area contributed by atoms with Crippen molar-refractivity contribution in [3.8, 4) is 0 Å². The zero-order valence-electron chi connectivity index (χ0n) is 13.9. The summed E-state index contributed by atoms with van der Waals surface area (Å²) in [6, 6.07) is 5.69. The number of rotatable bonds is 6. The molecule has 2 rings (SSSR count). The Balaban J connectivity index is 1.62. The highest BCUT2D eigenvalue weighted by molar-refractivity contribution is 5.78. The Morgan fingerprint density at radius 2 is 1.96 bits per heavy atom. The second kappa shape index (κ2) is 9.22. The lowest BCUT2D eigenvalue weighted by Gasteiger charge is -2.31. The van der Waals surface area contributed by atoms with E-state index < -0.39 is 0 Å². The number of ether oxygens (including phenoxy) is 1. The molecule has 1 aromatic rings. The SMILES string of the molecule is CO[C@@H]1CCCN(C(=O)NCCNC(=O)Cc2ccc(F)cc2)C1. The molecule has 0 unspecified atom stereocenters. The van der Waals surface area contributed by atoms with Crippen molar-refractivity contribution in [2.24, 2.45) is 0 Å². The van der Waals surface area contributed by atoms with E-state index in [0.717, 1.165) is 24.9 Å². The molecule has 2 N–H and O–H groups in total. The number of nitrogens with zero attached hydrogens (tertiary/aromatic N) is 1. The van der Waals surface area contributed by atoms with E-state index in [4.69, 9.17) is 4.74 Å². The predicted molar refractivity (Wildman–Crippen MR) is 88.1 cm³/mol. The minimum absolute atomic E-state index is 0.0971. The fraction of sp³-hybridized carbons (Fsp3) is 0.529. The van der Waals surface area contributed by atoms with Crippen LogP contribution < -0.4 is 10.6 Å². The van der Waals surface area contributed by atoms with Gasteiger partial charge in [0.1, 0.15) is 5.82 Å². The number of hydrogen-bond donors (Lipinski definition) is 2. The molecule has 0 aliphatic carbocycles. The number of halogens is 1. The van der Waals surface area contributed by atoms with Gasteiger partial charge in [0.25, 0.3) is 0 Å². The van der Waals surface area contributed by atoms with Crippen molar-refractivity contribution in [3.63, 3.8) is 0 Å². The molecule has 0 radical (unpaired) electrons. The zero-order valence-corrected chi connectivity index (χ0v) is 13.9. The monoisotopic (exact) mass is 337 g/mol. The average Bonchev–Trinajstić information content (AvgIpc) is 2.60. The molecule has 1 aliphatic heterocycles. The van der Waals surface area contributed by atoms with Crippen LogP contribution in [0.4, 0.5) is 9.18 Å². The molecule has 1 heterocycles. The Morgan fingerprint density at radius 1 is 1.25 bits per heavy atom. The van der Waals surface area contributed by atoms with Crippen LogP contribution in [-0.2, 0) is 16.0 Å². The molecule has 1 aromatic carbocycles. The van der Waals surface area contributed by atoms with Crippen molar-refractivity contribution in [3.05, 3.63) is 35.6 Å². The molecule has 132 valence electrons. The summed E-state index contributed by atoms with van der Waals surface area (Å²) in [6.07, 6.45) is 2.19. The van der Waals surface area contributed by atoms with Gasteiger partial charge in [0.15, 0.2) is 0 Å². The lowest BCUT2D eigenvalue weighted by atomic mass is 10.1. The van der Waals surface area contributed by atoms with Gasteiger partial charge in [-0.1, -0.05) is 12.1 Å². The van der Waals surface area contributed by atoms with Gasteiger partial charge >= 0.3 is 6.03 Å². The molecule has 0 bridgehead atoms. The average molecular weight is 337 g/mol. The predicted octanol–water partition coefficient (Wildman–Crippen LogP) is 1.30. The molecular weight excluding hydrogens is 313 g/mol. The molecule has 1 fully saturated rings. The first kappa shape index (κ1) is 18.2. The molecule has 0 aromatic heterocycles. The van der Waals surface area contributed by atoms with Crippen LogP contribution in [0.25, 0.3) is 0 Å². The Morgan fingerprint density at radius 3 is 2.67 bits per heavy atom. The van der Waals surface area contributed by atoms with Crippen molar-refractivity contribution >= 4 is 11.9 Å². The van der Waals surface area contributed by atoms with Crippen LogP contribution in [0.3, 0.4) is 0 Å². The maximum atomic E-state index is 12.8. The first-order valence-corrected chi connectivity index (χ1v) is 8.15. The standard InChI is InChI=1S/C17H24FN3O3/c1-24-15-3-2-10-21(12-15)17(23)20-9-8-19-16(22)11-13-4-6-14(18)7-5-13/h4-7,15H,2-3,8-12H2,1H3,(H,19,22)(H,20,23)/t15-/m1/s1. The van der Waals surface area contributed by atoms with Crippen molar-refractivity contribution in [1.82, 2.24) is 15.5 Å². The van der Waals surface area contributed by atoms with Crippen molar-refractivity contribution < 1.29 is 18.7 Å². The van der Waals surface area contributed by atoms with E-state index in [1.165, 1.54) is 12.1 Å². The third kappa shape index (κ3) is 5.81. The van der Waals surface area contributed by atoms with Crippen molar-refractivity contribution in [1.29, 1.82) is 0 Å². The zero-order chi connectivity index (χ0) is 17.4. The maximum Gasteiger partial charge on any atom is 0.317 e. The Hall–Kier alpha value is -2.15. The van der Waals surface area contributed by atoms with Crippen molar-refractivity contribution in [2.75, 3.05) is 33.3 Å². The number of carbonyl (C=O) groups excluding carboxylic acids is 2. The summed E-state index contributed by atoms with van der Waals surface area (Å²) in [5.74, 6) is -0.483. The van der Waals surface area contributed by atoms with Gasteiger partial charge in [0.2, 0.25) is 5.91 Å². The number of likely N-dealkylation sites (tertiary alicyclic amines) is 1. The van der Waals surface area contributed by atoms with Gasteiger partial charge in [-0.15, -0.1) is 0 Å². The number of benzene rings is 1. The third-order valence-corrected chi connectivity index (χ3v) is 4.00. The van der Waals surface area contributed by atoms with E-state index in [9.17, 15) is 14.0 Å². The maximum absolute atomic E-state index is 12.8. The first-order chi connectivity index (χ1) is 11.6. The number of amides is 3. The number of piperidine rings is 1. The summed E-state index contributed by atoms with van der Waals surface area (Å²) in [4.78, 5) is 25.6. The summed E-state index contributed by atoms with van der Waals surface area (Å²) < 4.78 is 18.1. The quantitative estimate of drug-likeness (QED) is 0.769. The summed E-state index contributed by atoms with van der Waals surface area (Å²) in [7, 11) is 1.66. The normalized spacial score (nSPS) is 17.4. The molecule has 7 heteroatoms. The topological polar surface area (TPSA) is 70.7 Å². The van der Waals surface area contributed by atoms with E-state index in [-0.39, 0.29) is 30.3 Å². The molecule has 1 saturated heterocycles. The van der Waals surface area contributed by atoms with E-state index in [1.54, 1.807) is 24.1 Å². The molecule has 1 atom stereocenters. The molecule has 1 aliphatic rings. The number of carbonyl (C=O) groups is 2. The van der Waals surface area contributed by atoms with E-state index in [0.29, 0.717) is 19.6 Å². The van der Waals surface area contributed by atoms with Gasteiger partial charge < -0.3 is 20.3 Å². The molecule has 0 saturated carbocycles. The molecule has 3 amide bonds. The Bertz CT molecular complexity index is 551. The van der Waals surface area contributed by atoms with Gasteiger partial charge in [0.05, 0.1) is 12.5 Å². The number of hydrogen-bond acceptors (Lipinski definition) is 3. The fourth-order valence-electron chi connectivity index (χ4n) is 2.65. The lowest BCUT2D eigenvalue weighted by Crippen LogP contribution is -2.48. The van der Waals surface area contributed by atoms with E-state index in [1.807, 2.05) is 0 Å². The lowest BCUT2D eigenvalue weighted by molar-refractivity contribution is -0.120. The second-order valence-electron chi connectivity index (χ2n) is 5.83. The van der Waals surface area contributed by atoms with Crippen LogP contribution in [0.1, 0.15) is 18.4 Å². The summed E-state index contributed by atoms with van der Waals surface area (Å²) in [6.45, 7) is 2.04. The number of methoxy groups -OCH3 is 1. The highest BCUT2D eigenvalue weighted by atomic mass is 19.1.